The van der Waals surface area contributed by atoms with E-state index in [9.17, 15) is 9.50 Å². The van der Waals surface area contributed by atoms with Gasteiger partial charge in [-0.2, -0.15) is 5.10 Å². The summed E-state index contributed by atoms with van der Waals surface area (Å²) in [5.41, 5.74) is 2.12. The molecule has 4 rings (SSSR count). The van der Waals surface area contributed by atoms with Crippen LogP contribution in [0.4, 0.5) is 16.0 Å². The van der Waals surface area contributed by atoms with Gasteiger partial charge >= 0.3 is 0 Å². The van der Waals surface area contributed by atoms with E-state index < -0.39 is 6.10 Å². The zero-order valence-electron chi connectivity index (χ0n) is 14.4. The first-order chi connectivity index (χ1) is 12.6. The highest BCUT2D eigenvalue weighted by molar-refractivity contribution is 5.90. The number of aliphatic hydroxyl groups excluding tert-OH is 1. The van der Waals surface area contributed by atoms with Gasteiger partial charge in [0.25, 0.3) is 0 Å². The number of fused-ring (bicyclic) bond motifs is 1. The van der Waals surface area contributed by atoms with Crippen LogP contribution in [-0.4, -0.2) is 30.7 Å². The van der Waals surface area contributed by atoms with Crippen molar-refractivity contribution in [3.8, 4) is 0 Å². The van der Waals surface area contributed by atoms with Crippen LogP contribution < -0.4 is 5.32 Å². The molecule has 1 atom stereocenters. The molecule has 0 aliphatic carbocycles. The second-order valence-electron chi connectivity index (χ2n) is 5.96. The zero-order chi connectivity index (χ0) is 18.1. The van der Waals surface area contributed by atoms with Gasteiger partial charge in [-0.25, -0.2) is 14.4 Å². The van der Waals surface area contributed by atoms with Crippen molar-refractivity contribution in [3.05, 3.63) is 77.5 Å². The van der Waals surface area contributed by atoms with Crippen molar-refractivity contribution >= 4 is 22.5 Å². The van der Waals surface area contributed by atoms with Crippen LogP contribution in [0.3, 0.4) is 0 Å². The standard InChI is InChI=1S/C19H16FN5O.H2O/c1-11-10-16(25-24-11)22-18-14-4-2-3-5-15(14)21-19(23-18)17(26)12-6-8-13(20)9-7-12;/h2-10,17,26H,1H3,(H2,21,22,23,24,25);1H2/t17-;/m1./s1. The first-order valence-electron chi connectivity index (χ1n) is 8.09. The summed E-state index contributed by atoms with van der Waals surface area (Å²) < 4.78 is 13.1. The number of nitrogens with zero attached hydrogens (tertiary/aromatic N) is 3. The summed E-state index contributed by atoms with van der Waals surface area (Å²) in [6, 6.07) is 15.0. The molecule has 0 aliphatic heterocycles. The van der Waals surface area contributed by atoms with Crippen molar-refractivity contribution < 1.29 is 15.0 Å². The van der Waals surface area contributed by atoms with E-state index in [1.807, 2.05) is 37.3 Å². The SMILES string of the molecule is Cc1cc(Nc2nc([C@H](O)c3ccc(F)cc3)nc3ccccc23)n[nH]1.O. The fraction of sp³-hybridized carbons (Fsp3) is 0.105. The number of aromatic nitrogens is 4. The molecule has 0 radical (unpaired) electrons. The molecule has 138 valence electrons. The Labute approximate surface area is 154 Å². The molecule has 7 nitrogen and oxygen atoms in total. The lowest BCUT2D eigenvalue weighted by Gasteiger charge is -2.13. The first-order valence-corrected chi connectivity index (χ1v) is 8.09. The van der Waals surface area contributed by atoms with Crippen LogP contribution in [0.25, 0.3) is 10.9 Å². The number of aromatic amines is 1. The van der Waals surface area contributed by atoms with Gasteiger partial charge in [-0.3, -0.25) is 5.10 Å². The smallest absolute Gasteiger partial charge is 0.164 e. The molecule has 4 aromatic rings. The van der Waals surface area contributed by atoms with E-state index >= 15 is 0 Å². The Morgan fingerprint density at radius 1 is 1.07 bits per heavy atom. The second kappa shape index (κ2) is 7.48. The topological polar surface area (TPSA) is 118 Å². The largest absolute Gasteiger partial charge is 0.412 e. The van der Waals surface area contributed by atoms with E-state index in [0.29, 0.717) is 22.7 Å². The maximum atomic E-state index is 13.1. The van der Waals surface area contributed by atoms with Gasteiger partial charge in [0.2, 0.25) is 0 Å². The van der Waals surface area contributed by atoms with Crippen molar-refractivity contribution in [1.29, 1.82) is 0 Å². The Hall–Kier alpha value is -3.36. The van der Waals surface area contributed by atoms with Gasteiger partial charge in [0.1, 0.15) is 17.7 Å². The molecule has 8 heteroatoms. The lowest BCUT2D eigenvalue weighted by molar-refractivity contribution is 0.210. The number of anilines is 2. The molecule has 0 unspecified atom stereocenters. The van der Waals surface area contributed by atoms with E-state index in [1.165, 1.54) is 24.3 Å². The minimum Gasteiger partial charge on any atom is -0.412 e. The molecule has 0 saturated heterocycles. The molecule has 0 spiro atoms. The van der Waals surface area contributed by atoms with Crippen molar-refractivity contribution in [2.24, 2.45) is 0 Å². The first kappa shape index (κ1) is 18.4. The summed E-state index contributed by atoms with van der Waals surface area (Å²) in [7, 11) is 0. The summed E-state index contributed by atoms with van der Waals surface area (Å²) >= 11 is 0. The number of nitrogens with one attached hydrogen (secondary N) is 2. The van der Waals surface area contributed by atoms with E-state index in [2.05, 4.69) is 25.5 Å². The predicted molar refractivity (Wildman–Crippen MR) is 100 cm³/mol. The van der Waals surface area contributed by atoms with Gasteiger partial charge < -0.3 is 15.9 Å². The number of hydrogen-bond acceptors (Lipinski definition) is 5. The van der Waals surface area contributed by atoms with E-state index in [0.717, 1.165) is 11.1 Å². The number of aliphatic hydroxyl groups is 1. The number of para-hydroxylation sites is 1. The summed E-state index contributed by atoms with van der Waals surface area (Å²) in [6.07, 6.45) is -1.07. The van der Waals surface area contributed by atoms with Crippen LogP contribution >= 0.6 is 0 Å². The second-order valence-corrected chi connectivity index (χ2v) is 5.96. The van der Waals surface area contributed by atoms with Gasteiger partial charge in [0, 0.05) is 17.1 Å². The minimum absolute atomic E-state index is 0. The van der Waals surface area contributed by atoms with Crippen LogP contribution in [0.15, 0.2) is 54.6 Å². The lowest BCUT2D eigenvalue weighted by Crippen LogP contribution is -2.08. The fourth-order valence-corrected chi connectivity index (χ4v) is 2.71. The highest BCUT2D eigenvalue weighted by atomic mass is 19.1. The summed E-state index contributed by atoms with van der Waals surface area (Å²) in [5, 5.41) is 21.6. The molecule has 0 saturated carbocycles. The molecular weight excluding hydrogens is 349 g/mol. The quantitative estimate of drug-likeness (QED) is 0.512. The van der Waals surface area contributed by atoms with Gasteiger partial charge in [0.05, 0.1) is 5.52 Å². The van der Waals surface area contributed by atoms with Crippen LogP contribution in [0.5, 0.6) is 0 Å². The van der Waals surface area contributed by atoms with E-state index in [4.69, 9.17) is 0 Å². The van der Waals surface area contributed by atoms with Crippen molar-refractivity contribution in [3.63, 3.8) is 0 Å². The average molecular weight is 367 g/mol. The molecule has 0 bridgehead atoms. The number of halogens is 1. The van der Waals surface area contributed by atoms with Gasteiger partial charge in [0.15, 0.2) is 11.6 Å². The van der Waals surface area contributed by atoms with Gasteiger partial charge in [-0.15, -0.1) is 0 Å². The van der Waals surface area contributed by atoms with E-state index in [1.54, 1.807) is 0 Å². The summed E-state index contributed by atoms with van der Waals surface area (Å²) in [4.78, 5) is 8.94. The minimum atomic E-state index is -1.07. The maximum Gasteiger partial charge on any atom is 0.164 e. The third-order valence-corrected chi connectivity index (χ3v) is 4.00. The van der Waals surface area contributed by atoms with Crippen LogP contribution in [0.2, 0.25) is 0 Å². The molecule has 0 aliphatic rings. The third kappa shape index (κ3) is 3.76. The Bertz CT molecular complexity index is 1070. The van der Waals surface area contributed by atoms with Crippen LogP contribution in [-0.2, 0) is 0 Å². The van der Waals surface area contributed by atoms with Gasteiger partial charge in [-0.05, 0) is 36.8 Å². The predicted octanol–water partition coefficient (Wildman–Crippen LogP) is 2.80. The van der Waals surface area contributed by atoms with Crippen molar-refractivity contribution in [2.75, 3.05) is 5.32 Å². The Kier molecular flexibility index (Phi) is 5.11. The Morgan fingerprint density at radius 2 is 1.81 bits per heavy atom. The van der Waals surface area contributed by atoms with Crippen molar-refractivity contribution in [1.82, 2.24) is 20.2 Å². The van der Waals surface area contributed by atoms with Crippen LogP contribution in [0, 0.1) is 12.7 Å². The normalized spacial score (nSPS) is 11.8. The molecule has 0 fully saturated rings. The average Bonchev–Trinajstić information content (AvgIpc) is 3.06. The summed E-state index contributed by atoms with van der Waals surface area (Å²) in [6.45, 7) is 1.90. The fourth-order valence-electron chi connectivity index (χ4n) is 2.71. The maximum absolute atomic E-state index is 13.1. The summed E-state index contributed by atoms with van der Waals surface area (Å²) in [5.74, 6) is 1.02. The highest BCUT2D eigenvalue weighted by Crippen LogP contribution is 2.27. The lowest BCUT2D eigenvalue weighted by atomic mass is 10.1. The third-order valence-electron chi connectivity index (χ3n) is 4.00. The van der Waals surface area contributed by atoms with Gasteiger partial charge in [-0.1, -0.05) is 24.3 Å². The molecular formula is C19H18FN5O2. The van der Waals surface area contributed by atoms with Crippen molar-refractivity contribution in [2.45, 2.75) is 13.0 Å². The number of rotatable bonds is 4. The monoisotopic (exact) mass is 367 g/mol. The molecule has 2 aromatic carbocycles. The molecule has 0 amide bonds. The molecule has 2 aromatic heterocycles. The zero-order valence-corrected chi connectivity index (χ0v) is 14.4. The highest BCUT2D eigenvalue weighted by Gasteiger charge is 2.17. The Balaban J connectivity index is 0.00000210. The number of benzene rings is 2. The number of aryl methyl sites for hydroxylation is 1. The Morgan fingerprint density at radius 3 is 2.52 bits per heavy atom. The van der Waals surface area contributed by atoms with Crippen LogP contribution in [0.1, 0.15) is 23.2 Å². The molecule has 2 heterocycles. The molecule has 5 N–H and O–H groups in total. The molecule has 27 heavy (non-hydrogen) atoms. The number of hydrogen-bond donors (Lipinski definition) is 3. The van der Waals surface area contributed by atoms with E-state index in [-0.39, 0.29) is 17.1 Å². The number of H-pyrrole nitrogens is 1.